The zero-order chi connectivity index (χ0) is 18.1. The van der Waals surface area contributed by atoms with Crippen molar-refractivity contribution < 1.29 is 19.2 Å². The Morgan fingerprint density at radius 2 is 1.92 bits per heavy atom. The minimum absolute atomic E-state index is 0.116. The summed E-state index contributed by atoms with van der Waals surface area (Å²) >= 11 is 0. The highest BCUT2D eigenvalue weighted by molar-refractivity contribution is 5.97. The van der Waals surface area contributed by atoms with Crippen LogP contribution in [0.1, 0.15) is 18.1 Å². The number of para-hydroxylation sites is 1. The average Bonchev–Trinajstić information content (AvgIpc) is 3.11. The first-order valence-electron chi connectivity index (χ1n) is 9.23. The molecule has 1 amide bonds. The largest absolute Gasteiger partial charge is 0.486 e. The molecule has 0 aliphatic carbocycles. The Morgan fingerprint density at radius 3 is 2.77 bits per heavy atom. The number of benzene rings is 2. The van der Waals surface area contributed by atoms with Crippen LogP contribution in [0.3, 0.4) is 0 Å². The number of nitrogens with zero attached hydrogens (tertiary/aromatic N) is 1. The molecule has 0 saturated carbocycles. The van der Waals surface area contributed by atoms with Gasteiger partial charge >= 0.3 is 0 Å². The van der Waals surface area contributed by atoms with E-state index in [0.29, 0.717) is 13.2 Å². The van der Waals surface area contributed by atoms with Crippen molar-refractivity contribution in [3.63, 3.8) is 0 Å². The highest BCUT2D eigenvalue weighted by atomic mass is 16.6. The van der Waals surface area contributed by atoms with Gasteiger partial charge in [0.05, 0.1) is 7.05 Å². The van der Waals surface area contributed by atoms with E-state index in [0.717, 1.165) is 47.2 Å². The Kier molecular flexibility index (Phi) is 4.55. The molecule has 1 N–H and O–H groups in total. The first-order valence-corrected chi connectivity index (χ1v) is 9.23. The highest BCUT2D eigenvalue weighted by Crippen LogP contribution is 2.30. The van der Waals surface area contributed by atoms with Gasteiger partial charge < -0.3 is 19.3 Å². The zero-order valence-electron chi connectivity index (χ0n) is 15.3. The molecule has 2 aliphatic rings. The van der Waals surface area contributed by atoms with Gasteiger partial charge in [-0.3, -0.25) is 4.79 Å². The van der Waals surface area contributed by atoms with Crippen molar-refractivity contribution >= 4 is 11.6 Å². The van der Waals surface area contributed by atoms with E-state index in [-0.39, 0.29) is 11.9 Å². The van der Waals surface area contributed by atoms with Crippen LogP contribution in [0.25, 0.3) is 0 Å². The van der Waals surface area contributed by atoms with Gasteiger partial charge in [0.2, 0.25) is 0 Å². The topological polar surface area (TPSA) is 43.2 Å². The monoisotopic (exact) mass is 353 g/mol. The molecule has 0 radical (unpaired) electrons. The van der Waals surface area contributed by atoms with Crippen molar-refractivity contribution in [2.75, 3.05) is 31.7 Å². The average molecular weight is 353 g/mol. The predicted octanol–water partition coefficient (Wildman–Crippen LogP) is 1.45. The Labute approximate surface area is 154 Å². The van der Waals surface area contributed by atoms with Gasteiger partial charge in [-0.15, -0.1) is 0 Å². The fourth-order valence-corrected chi connectivity index (χ4v) is 3.68. The molecule has 4 rings (SSSR count). The van der Waals surface area contributed by atoms with Crippen LogP contribution < -0.4 is 19.3 Å². The number of likely N-dealkylation sites (N-methyl/N-ethyl adjacent to an activating group) is 1. The van der Waals surface area contributed by atoms with Crippen molar-refractivity contribution in [3.8, 4) is 11.5 Å². The van der Waals surface area contributed by atoms with Gasteiger partial charge in [-0.1, -0.05) is 18.2 Å². The first-order chi connectivity index (χ1) is 12.6. The van der Waals surface area contributed by atoms with Crippen LogP contribution in [-0.4, -0.2) is 38.8 Å². The number of carbonyl (C=O) groups is 1. The van der Waals surface area contributed by atoms with Gasteiger partial charge in [-0.25, -0.2) is 0 Å². The smallest absolute Gasteiger partial charge is 0.284 e. The van der Waals surface area contributed by atoms with Crippen LogP contribution in [-0.2, 0) is 17.8 Å². The molecule has 0 bridgehead atoms. The van der Waals surface area contributed by atoms with E-state index in [9.17, 15) is 4.79 Å². The lowest BCUT2D eigenvalue weighted by Gasteiger charge is -2.26. The quantitative estimate of drug-likeness (QED) is 0.905. The Balaban J connectivity index is 1.45. The van der Waals surface area contributed by atoms with E-state index in [1.807, 2.05) is 42.2 Å². The molecule has 0 spiro atoms. The van der Waals surface area contributed by atoms with E-state index in [2.05, 4.69) is 19.2 Å². The maximum absolute atomic E-state index is 13.0. The third kappa shape index (κ3) is 3.15. The van der Waals surface area contributed by atoms with Gasteiger partial charge in [-0.2, -0.15) is 0 Å². The summed E-state index contributed by atoms with van der Waals surface area (Å²) in [5, 5.41) is 0. The normalized spacial score (nSPS) is 17.5. The SMILES string of the molecule is C[C@@H](C(=O)N1CCc2ccccc21)[NH+](C)Cc1ccc2c(c1)OCCO2. The van der Waals surface area contributed by atoms with Crippen LogP contribution in [0.15, 0.2) is 42.5 Å². The molecule has 2 heterocycles. The number of hydrogen-bond acceptors (Lipinski definition) is 3. The summed E-state index contributed by atoms with van der Waals surface area (Å²) in [6, 6.07) is 14.1. The minimum atomic E-state index is -0.116. The number of carbonyl (C=O) groups excluding carboxylic acids is 1. The van der Waals surface area contributed by atoms with Gasteiger partial charge in [0, 0.05) is 17.8 Å². The van der Waals surface area contributed by atoms with Crippen LogP contribution in [0.2, 0.25) is 0 Å². The van der Waals surface area contributed by atoms with Gasteiger partial charge in [-0.05, 0) is 43.2 Å². The van der Waals surface area contributed by atoms with E-state index >= 15 is 0 Å². The standard InChI is InChI=1S/C21H24N2O3/c1-15(21(24)23-10-9-17-5-3-4-6-18(17)23)22(2)14-16-7-8-19-20(13-16)26-12-11-25-19/h3-8,13,15H,9-12,14H2,1-2H3/p+1/t15-/m0/s1. The minimum Gasteiger partial charge on any atom is -0.486 e. The van der Waals surface area contributed by atoms with Crippen LogP contribution in [0.5, 0.6) is 11.5 Å². The van der Waals surface area contributed by atoms with Crippen LogP contribution in [0.4, 0.5) is 5.69 Å². The summed E-state index contributed by atoms with van der Waals surface area (Å²) in [7, 11) is 2.07. The molecular weight excluding hydrogens is 328 g/mol. The second-order valence-corrected chi connectivity index (χ2v) is 7.09. The van der Waals surface area contributed by atoms with Crippen molar-refractivity contribution in [2.45, 2.75) is 25.9 Å². The molecule has 2 atom stereocenters. The molecule has 0 fully saturated rings. The molecule has 2 aliphatic heterocycles. The lowest BCUT2D eigenvalue weighted by molar-refractivity contribution is -0.908. The van der Waals surface area contributed by atoms with Crippen molar-refractivity contribution in [1.29, 1.82) is 0 Å². The number of ether oxygens (including phenoxy) is 2. The Bertz CT molecular complexity index is 821. The number of nitrogens with one attached hydrogen (secondary N) is 1. The molecule has 2 aromatic carbocycles. The number of rotatable bonds is 4. The molecule has 2 aromatic rings. The fourth-order valence-electron chi connectivity index (χ4n) is 3.68. The second kappa shape index (κ2) is 7.00. The number of amides is 1. The van der Waals surface area contributed by atoms with E-state index in [4.69, 9.17) is 9.47 Å². The highest BCUT2D eigenvalue weighted by Gasteiger charge is 2.32. The fraction of sp³-hybridized carbons (Fsp3) is 0.381. The Morgan fingerprint density at radius 1 is 1.15 bits per heavy atom. The van der Waals surface area contributed by atoms with E-state index < -0.39 is 0 Å². The third-order valence-corrected chi connectivity index (χ3v) is 5.35. The molecule has 1 unspecified atom stereocenters. The van der Waals surface area contributed by atoms with Crippen molar-refractivity contribution in [3.05, 3.63) is 53.6 Å². The molecule has 0 aromatic heterocycles. The lowest BCUT2D eigenvalue weighted by Crippen LogP contribution is -3.12. The number of quaternary nitrogens is 1. The molecule has 5 nitrogen and oxygen atoms in total. The van der Waals surface area contributed by atoms with Crippen LogP contribution in [0, 0.1) is 0 Å². The number of anilines is 1. The summed E-state index contributed by atoms with van der Waals surface area (Å²) in [6.07, 6.45) is 0.940. The van der Waals surface area contributed by atoms with E-state index in [1.165, 1.54) is 5.56 Å². The molecule has 0 saturated heterocycles. The number of fused-ring (bicyclic) bond motifs is 2. The summed E-state index contributed by atoms with van der Waals surface area (Å²) in [4.78, 5) is 16.1. The number of hydrogen-bond donors (Lipinski definition) is 1. The molecule has 136 valence electrons. The predicted molar refractivity (Wildman–Crippen MR) is 100.0 cm³/mol. The second-order valence-electron chi connectivity index (χ2n) is 7.09. The summed E-state index contributed by atoms with van der Waals surface area (Å²) < 4.78 is 11.2. The maximum Gasteiger partial charge on any atom is 0.284 e. The summed E-state index contributed by atoms with van der Waals surface area (Å²) in [6.45, 7) is 4.73. The lowest BCUT2D eigenvalue weighted by atomic mass is 10.1. The van der Waals surface area contributed by atoms with Gasteiger partial charge in [0.25, 0.3) is 5.91 Å². The summed E-state index contributed by atoms with van der Waals surface area (Å²) in [5.74, 6) is 1.79. The third-order valence-electron chi connectivity index (χ3n) is 5.35. The maximum atomic E-state index is 13.0. The summed E-state index contributed by atoms with van der Waals surface area (Å²) in [5.41, 5.74) is 3.47. The van der Waals surface area contributed by atoms with Gasteiger partial charge in [0.15, 0.2) is 17.5 Å². The van der Waals surface area contributed by atoms with Gasteiger partial charge in [0.1, 0.15) is 19.8 Å². The van der Waals surface area contributed by atoms with E-state index in [1.54, 1.807) is 0 Å². The zero-order valence-corrected chi connectivity index (χ0v) is 15.3. The first kappa shape index (κ1) is 16.9. The Hall–Kier alpha value is -2.53. The van der Waals surface area contributed by atoms with Crippen LogP contribution >= 0.6 is 0 Å². The van der Waals surface area contributed by atoms with Crippen molar-refractivity contribution in [1.82, 2.24) is 0 Å². The molecular formula is C21H25N2O3+. The van der Waals surface area contributed by atoms with Crippen molar-refractivity contribution in [2.24, 2.45) is 0 Å². The molecule has 5 heteroatoms. The molecule has 26 heavy (non-hydrogen) atoms.